The van der Waals surface area contributed by atoms with Gasteiger partial charge in [-0.3, -0.25) is 0 Å². The van der Waals surface area contributed by atoms with E-state index >= 15 is 0 Å². The van der Waals surface area contributed by atoms with Gasteiger partial charge in [-0.1, -0.05) is 0 Å². The first-order valence-corrected chi connectivity index (χ1v) is 1.14. The first-order chi connectivity index (χ1) is 1.73. The van der Waals surface area contributed by atoms with Crippen molar-refractivity contribution in [3.8, 4) is 0 Å². The maximum absolute atomic E-state index is 4.75. The molecule has 21 valence electrons. The molecule has 0 saturated carbocycles. The van der Waals surface area contributed by atoms with Crippen molar-refractivity contribution in [3.05, 3.63) is 0 Å². The van der Waals surface area contributed by atoms with Crippen LogP contribution >= 0.6 is 11.6 Å². The molecule has 0 atom stereocenters. The first-order valence-electron chi connectivity index (χ1n) is 0.766. The van der Waals surface area contributed by atoms with Gasteiger partial charge in [-0.25, -0.2) is 0 Å². The van der Waals surface area contributed by atoms with E-state index in [0.29, 0.717) is 0 Å². The predicted octanol–water partition coefficient (Wildman–Crippen LogP) is -0.560. The van der Waals surface area contributed by atoms with Crippen LogP contribution in [0.3, 0.4) is 0 Å². The van der Waals surface area contributed by atoms with Gasteiger partial charge in [0.05, 0.1) is 0 Å². The van der Waals surface area contributed by atoms with Crippen molar-refractivity contribution in [2.24, 2.45) is 5.73 Å². The van der Waals surface area contributed by atoms with Crippen molar-refractivity contribution in [3.63, 3.8) is 0 Å². The van der Waals surface area contributed by atoms with Gasteiger partial charge in [-0.15, -0.1) is 0 Å². The molecule has 4 heavy (non-hydrogen) atoms. The van der Waals surface area contributed by atoms with Crippen LogP contribution in [0, 0.1) is 0 Å². The monoisotopic (exact) mass is 74.0 g/mol. The van der Waals surface area contributed by atoms with Crippen molar-refractivity contribution in [2.45, 2.75) is 0 Å². The summed E-state index contributed by atoms with van der Waals surface area (Å²) in [5, 5.41) is -0.111. The van der Waals surface area contributed by atoms with E-state index in [9.17, 15) is 0 Å². The Balaban J connectivity index is 2.80. The molecule has 2 N–H and O–H groups in total. The molecule has 0 aliphatic rings. The van der Waals surface area contributed by atoms with E-state index in [4.69, 9.17) is 11.6 Å². The Morgan fingerprint density at radius 1 is 2.00 bits per heavy atom. The third kappa shape index (κ3) is 3420. The fourth-order valence-corrected chi connectivity index (χ4v) is 0. The van der Waals surface area contributed by atoms with Crippen LogP contribution in [0.1, 0.15) is 0 Å². The van der Waals surface area contributed by atoms with E-state index in [1.807, 2.05) is 0 Å². The van der Waals surface area contributed by atoms with Crippen molar-refractivity contribution in [1.82, 2.24) is 0 Å². The van der Waals surface area contributed by atoms with Crippen LogP contribution in [0.5, 0.6) is 0 Å². The minimum atomic E-state index is -0.111. The summed E-state index contributed by atoms with van der Waals surface area (Å²) in [4.78, 5) is 0. The van der Waals surface area contributed by atoms with Crippen LogP contribution in [0.15, 0.2) is 0 Å². The summed E-state index contributed by atoms with van der Waals surface area (Å²) in [6, 6.07) is 0. The van der Waals surface area contributed by atoms with Crippen molar-refractivity contribution in [1.29, 1.82) is 0 Å². The van der Waals surface area contributed by atoms with Gasteiger partial charge in [0.15, 0.2) is 0 Å². The number of halogens is 1. The van der Waals surface area contributed by atoms with Gasteiger partial charge in [-0.2, -0.15) is 0 Å². The summed E-state index contributed by atoms with van der Waals surface area (Å²) in [7, 11) is 4.57. The topological polar surface area (TPSA) is 26.0 Å². The summed E-state index contributed by atoms with van der Waals surface area (Å²) in [5.74, 6) is 0. The van der Waals surface area contributed by atoms with Gasteiger partial charge in [-0.05, 0) is 0 Å². The third-order valence-electron chi connectivity index (χ3n) is 0. The quantitative estimate of drug-likeness (QED) is 0.302. The molecular formula is CH2BClN. The van der Waals surface area contributed by atoms with Gasteiger partial charge in [0.25, 0.3) is 0 Å². The van der Waals surface area contributed by atoms with Crippen LogP contribution in [0.25, 0.3) is 0 Å². The number of hydrogen-bond acceptors (Lipinski definition) is 1. The van der Waals surface area contributed by atoms with Crippen molar-refractivity contribution in [2.75, 3.05) is 0 Å². The van der Waals surface area contributed by atoms with Crippen LogP contribution in [-0.2, 0) is 0 Å². The number of hydrogen-bond donors (Lipinski definition) is 1. The standard InChI is InChI=1S/CH2BClN/c2-1(3)4/h4H2. The summed E-state index contributed by atoms with van der Waals surface area (Å²) < 4.78 is 0. The molecule has 0 aliphatic heterocycles. The Kier molecular flexibility index (Phi) is 1.36. The molecule has 0 aliphatic carbocycles. The Bertz CT molecular complexity index is 31.0. The van der Waals surface area contributed by atoms with Crippen molar-refractivity contribution < 1.29 is 0 Å². The molecule has 3 heteroatoms. The van der Waals surface area contributed by atoms with Gasteiger partial charge in [0.1, 0.15) is 0 Å². The molecule has 0 rings (SSSR count). The molecular weight excluding hydrogens is 72.3 g/mol. The Hall–Kier alpha value is 0.0249. The Morgan fingerprint density at radius 2 is 2.00 bits per heavy atom. The van der Waals surface area contributed by atoms with Crippen LogP contribution < -0.4 is 5.73 Å². The fourth-order valence-electron chi connectivity index (χ4n) is 0. The van der Waals surface area contributed by atoms with E-state index in [1.54, 1.807) is 0 Å². The number of nitrogens with two attached hydrogens (primary N) is 1. The number of rotatable bonds is 0. The molecule has 0 saturated heterocycles. The van der Waals surface area contributed by atoms with Crippen molar-refractivity contribution >= 4 is 24.1 Å². The first kappa shape index (κ1) is 4.02. The van der Waals surface area contributed by atoms with E-state index in [1.165, 1.54) is 0 Å². The average Bonchev–Trinajstić information content (AvgIpc) is 0.811. The molecule has 0 unspecified atom stereocenters. The summed E-state index contributed by atoms with van der Waals surface area (Å²) in [6.07, 6.45) is 0. The second kappa shape index (κ2) is 1.36. The zero-order chi connectivity index (χ0) is 3.58. The second-order valence-electron chi connectivity index (χ2n) is 0.385. The molecule has 0 amide bonds. The third-order valence-corrected chi connectivity index (χ3v) is 0. The summed E-state index contributed by atoms with van der Waals surface area (Å²) >= 11 is 4.75. The minimum absolute atomic E-state index is 0.111. The van der Waals surface area contributed by atoms with Gasteiger partial charge < -0.3 is 0 Å². The van der Waals surface area contributed by atoms with Gasteiger partial charge in [0, 0.05) is 0 Å². The zero-order valence-corrected chi connectivity index (χ0v) is 2.79. The summed E-state index contributed by atoms with van der Waals surface area (Å²) in [6.45, 7) is 0. The SMILES string of the molecule is [B]=C(N)Cl. The Labute approximate surface area is 30.8 Å². The Morgan fingerprint density at radius 3 is 2.00 bits per heavy atom. The molecule has 0 aromatic rings. The molecule has 0 bridgehead atoms. The summed E-state index contributed by atoms with van der Waals surface area (Å²) in [5.41, 5.74) is 4.57. The van der Waals surface area contributed by atoms with Crippen LogP contribution in [-0.4, -0.2) is 12.5 Å². The fraction of sp³-hybridized carbons (Fsp3) is 0. The van der Waals surface area contributed by atoms with Crippen LogP contribution in [0.4, 0.5) is 0 Å². The molecule has 1 nitrogen and oxygen atoms in total. The zero-order valence-electron chi connectivity index (χ0n) is 2.03. The van der Waals surface area contributed by atoms with Crippen LogP contribution in [0.2, 0.25) is 0 Å². The molecule has 0 spiro atoms. The van der Waals surface area contributed by atoms with Gasteiger partial charge >= 0.3 is 29.9 Å². The van der Waals surface area contributed by atoms with E-state index in [2.05, 4.69) is 13.2 Å². The second-order valence-corrected chi connectivity index (χ2v) is 0.821. The van der Waals surface area contributed by atoms with Gasteiger partial charge in [0.2, 0.25) is 0 Å². The van der Waals surface area contributed by atoms with E-state index < -0.39 is 0 Å². The normalized spacial score (nSPS) is 6.00. The molecule has 0 fully saturated rings. The molecule has 0 aromatic carbocycles. The average molecular weight is 74.3 g/mol. The van der Waals surface area contributed by atoms with E-state index in [0.717, 1.165) is 0 Å². The molecule has 0 heterocycles. The maximum atomic E-state index is 4.75. The molecule has 1 radical (unpaired) electrons. The predicted molar refractivity (Wildman–Crippen MR) is 20.8 cm³/mol. The van der Waals surface area contributed by atoms with E-state index in [-0.39, 0.29) is 5.05 Å². The molecule has 0 aromatic heterocycles.